The van der Waals surface area contributed by atoms with Crippen molar-refractivity contribution in [3.05, 3.63) is 164 Å². The highest BCUT2D eigenvalue weighted by atomic mass is 15.1. The summed E-state index contributed by atoms with van der Waals surface area (Å²) in [5.74, 6) is 0. The molecule has 0 fully saturated rings. The van der Waals surface area contributed by atoms with Crippen molar-refractivity contribution >= 4 is 49.6 Å². The number of aromatic nitrogens is 2. The molecule has 0 bridgehead atoms. The molecule has 0 atom stereocenters. The average molecular weight is 550 g/mol. The number of fused-ring (bicyclic) bond motifs is 6. The van der Waals surface area contributed by atoms with E-state index in [0.717, 1.165) is 55.7 Å². The van der Waals surface area contributed by atoms with Gasteiger partial charge in [0.05, 0.1) is 22.9 Å². The van der Waals surface area contributed by atoms with Crippen LogP contribution < -0.4 is 4.90 Å². The summed E-state index contributed by atoms with van der Waals surface area (Å²) in [6.45, 7) is 0. The van der Waals surface area contributed by atoms with E-state index in [-0.39, 0.29) is 0 Å². The third-order valence-corrected chi connectivity index (χ3v) is 8.10. The smallest absolute Gasteiger partial charge is 0.0979 e. The van der Waals surface area contributed by atoms with Crippen molar-refractivity contribution in [2.24, 2.45) is 0 Å². The summed E-state index contributed by atoms with van der Waals surface area (Å²) in [7, 11) is 0. The van der Waals surface area contributed by atoms with E-state index in [4.69, 9.17) is 9.97 Å². The van der Waals surface area contributed by atoms with Gasteiger partial charge < -0.3 is 4.90 Å². The molecule has 0 spiro atoms. The summed E-state index contributed by atoms with van der Waals surface area (Å²) in [6, 6.07) is 55.3. The molecule has 3 heteroatoms. The van der Waals surface area contributed by atoms with Crippen LogP contribution in [-0.2, 0) is 0 Å². The number of hydrogen-bond donors (Lipinski definition) is 0. The number of rotatable bonds is 5. The van der Waals surface area contributed by atoms with E-state index in [1.165, 1.54) is 16.3 Å². The molecule has 1 heterocycles. The van der Waals surface area contributed by atoms with Crippen molar-refractivity contribution < 1.29 is 0 Å². The molecule has 0 N–H and O–H groups in total. The second-order valence-electron chi connectivity index (χ2n) is 10.7. The first-order valence-electron chi connectivity index (χ1n) is 14.5. The normalized spacial score (nSPS) is 11.3. The van der Waals surface area contributed by atoms with Crippen LogP contribution in [-0.4, -0.2) is 9.97 Å². The number of hydrogen-bond acceptors (Lipinski definition) is 3. The molecule has 43 heavy (non-hydrogen) atoms. The number of nitrogens with zero attached hydrogens (tertiary/aromatic N) is 3. The number of para-hydroxylation sites is 2. The molecule has 8 rings (SSSR count). The fourth-order valence-electron chi connectivity index (χ4n) is 6.00. The number of anilines is 3. The van der Waals surface area contributed by atoms with Gasteiger partial charge in [-0.05, 0) is 58.3 Å². The third kappa shape index (κ3) is 4.48. The van der Waals surface area contributed by atoms with Crippen molar-refractivity contribution in [2.75, 3.05) is 4.90 Å². The highest BCUT2D eigenvalue weighted by molar-refractivity contribution is 6.23. The Kier molecular flexibility index (Phi) is 6.12. The Hall–Kier alpha value is -5.80. The first kappa shape index (κ1) is 25.0. The molecule has 0 saturated heterocycles. The Morgan fingerprint density at radius 2 is 0.767 bits per heavy atom. The van der Waals surface area contributed by atoms with Gasteiger partial charge in [0.1, 0.15) is 0 Å². The molecule has 0 amide bonds. The maximum absolute atomic E-state index is 5.15. The summed E-state index contributed by atoms with van der Waals surface area (Å²) >= 11 is 0. The molecule has 0 aliphatic rings. The van der Waals surface area contributed by atoms with Crippen molar-refractivity contribution in [1.29, 1.82) is 0 Å². The minimum Gasteiger partial charge on any atom is -0.311 e. The van der Waals surface area contributed by atoms with E-state index in [1.807, 2.05) is 18.3 Å². The molecule has 8 aromatic rings. The predicted molar refractivity (Wildman–Crippen MR) is 180 cm³/mol. The van der Waals surface area contributed by atoms with Gasteiger partial charge in [-0.15, -0.1) is 0 Å². The van der Waals surface area contributed by atoms with Crippen molar-refractivity contribution in [1.82, 2.24) is 9.97 Å². The lowest BCUT2D eigenvalue weighted by atomic mass is 9.99. The Morgan fingerprint density at radius 1 is 0.349 bits per heavy atom. The molecule has 0 radical (unpaired) electrons. The van der Waals surface area contributed by atoms with Crippen LogP contribution in [0.25, 0.3) is 55.0 Å². The minimum absolute atomic E-state index is 0.871. The third-order valence-electron chi connectivity index (χ3n) is 8.10. The summed E-state index contributed by atoms with van der Waals surface area (Å²) in [5, 5.41) is 4.67. The second-order valence-corrected chi connectivity index (χ2v) is 10.7. The summed E-state index contributed by atoms with van der Waals surface area (Å²) in [5.41, 5.74) is 9.49. The maximum atomic E-state index is 5.15. The second kappa shape index (κ2) is 10.6. The standard InChI is InChI=1S/C40H27N3/c1-3-11-31(12-4-1)43(32-13-5-2-6-14-32)33-25-23-29(24-26-33)28-19-21-30(22-20-28)38-27-41-39-36-17-9-7-15-34(36)35-16-8-10-18-37(35)40(39)42-38/h1-27H. The maximum Gasteiger partial charge on any atom is 0.0979 e. The zero-order valence-electron chi connectivity index (χ0n) is 23.4. The van der Waals surface area contributed by atoms with Crippen molar-refractivity contribution in [2.45, 2.75) is 0 Å². The summed E-state index contributed by atoms with van der Waals surface area (Å²) in [4.78, 5) is 12.3. The molecule has 0 aliphatic heterocycles. The Balaban J connectivity index is 1.13. The van der Waals surface area contributed by atoms with Crippen LogP contribution in [0.2, 0.25) is 0 Å². The van der Waals surface area contributed by atoms with Gasteiger partial charge in [-0.3, -0.25) is 4.98 Å². The van der Waals surface area contributed by atoms with Gasteiger partial charge in [0.25, 0.3) is 0 Å². The van der Waals surface area contributed by atoms with Gasteiger partial charge in [0, 0.05) is 33.4 Å². The Morgan fingerprint density at radius 3 is 1.33 bits per heavy atom. The van der Waals surface area contributed by atoms with Crippen molar-refractivity contribution in [3.8, 4) is 22.4 Å². The zero-order chi connectivity index (χ0) is 28.6. The van der Waals surface area contributed by atoms with Gasteiger partial charge in [0.2, 0.25) is 0 Å². The van der Waals surface area contributed by atoms with Gasteiger partial charge in [0.15, 0.2) is 0 Å². The Bertz CT molecular complexity index is 2130. The quantitative estimate of drug-likeness (QED) is 0.200. The topological polar surface area (TPSA) is 29.0 Å². The molecule has 0 aliphatic carbocycles. The Labute approximate surface area is 250 Å². The van der Waals surface area contributed by atoms with E-state index >= 15 is 0 Å². The van der Waals surface area contributed by atoms with Crippen LogP contribution in [0.3, 0.4) is 0 Å². The van der Waals surface area contributed by atoms with Crippen LogP contribution in [0.15, 0.2) is 164 Å². The lowest BCUT2D eigenvalue weighted by Crippen LogP contribution is -2.09. The molecule has 3 nitrogen and oxygen atoms in total. The molecule has 1 aromatic heterocycles. The molecule has 0 saturated carbocycles. The first-order valence-corrected chi connectivity index (χ1v) is 14.5. The summed E-state index contributed by atoms with van der Waals surface area (Å²) in [6.07, 6.45) is 1.90. The molecule has 202 valence electrons. The lowest BCUT2D eigenvalue weighted by Gasteiger charge is -2.25. The highest BCUT2D eigenvalue weighted by Crippen LogP contribution is 2.36. The zero-order valence-corrected chi connectivity index (χ0v) is 23.4. The van der Waals surface area contributed by atoms with Crippen LogP contribution >= 0.6 is 0 Å². The fraction of sp³-hybridized carbons (Fsp3) is 0. The van der Waals surface area contributed by atoms with Crippen LogP contribution in [0.5, 0.6) is 0 Å². The monoisotopic (exact) mass is 549 g/mol. The van der Waals surface area contributed by atoms with E-state index in [0.29, 0.717) is 0 Å². The fourth-order valence-corrected chi connectivity index (χ4v) is 6.00. The summed E-state index contributed by atoms with van der Waals surface area (Å²) < 4.78 is 0. The van der Waals surface area contributed by atoms with Crippen LogP contribution in [0, 0.1) is 0 Å². The number of benzene rings is 7. The minimum atomic E-state index is 0.871. The molecule has 7 aromatic carbocycles. The van der Waals surface area contributed by atoms with Gasteiger partial charge in [-0.25, -0.2) is 4.98 Å². The van der Waals surface area contributed by atoms with Gasteiger partial charge in [-0.2, -0.15) is 0 Å². The largest absolute Gasteiger partial charge is 0.311 e. The SMILES string of the molecule is c1ccc(N(c2ccccc2)c2ccc(-c3ccc(-c4cnc5c6ccccc6c6ccccc6c5n4)cc3)cc2)cc1. The van der Waals surface area contributed by atoms with Gasteiger partial charge >= 0.3 is 0 Å². The van der Waals surface area contributed by atoms with Gasteiger partial charge in [-0.1, -0.05) is 121 Å². The van der Waals surface area contributed by atoms with Crippen molar-refractivity contribution in [3.63, 3.8) is 0 Å². The predicted octanol–water partition coefficient (Wildman–Crippen LogP) is 10.7. The van der Waals surface area contributed by atoms with E-state index < -0.39 is 0 Å². The first-order chi connectivity index (χ1) is 21.3. The van der Waals surface area contributed by atoms with E-state index in [9.17, 15) is 0 Å². The van der Waals surface area contributed by atoms with Crippen LogP contribution in [0.4, 0.5) is 17.1 Å². The molecular weight excluding hydrogens is 522 g/mol. The van der Waals surface area contributed by atoms with Crippen LogP contribution in [0.1, 0.15) is 0 Å². The average Bonchev–Trinajstić information content (AvgIpc) is 3.10. The van der Waals surface area contributed by atoms with E-state index in [2.05, 4.69) is 150 Å². The van der Waals surface area contributed by atoms with E-state index in [1.54, 1.807) is 0 Å². The molecular formula is C40H27N3. The molecule has 0 unspecified atom stereocenters. The highest BCUT2D eigenvalue weighted by Gasteiger charge is 2.14. The lowest BCUT2D eigenvalue weighted by molar-refractivity contribution is 1.28.